The topological polar surface area (TPSA) is 39.7 Å². The molecule has 4 nitrogen and oxygen atoms in total. The molecule has 0 aliphatic carbocycles. The smallest absolute Gasteiger partial charge is 0.161 e. The molecule has 0 bridgehead atoms. The van der Waals surface area contributed by atoms with Crippen molar-refractivity contribution in [1.29, 1.82) is 0 Å². The Morgan fingerprint density at radius 2 is 2.04 bits per heavy atom. The van der Waals surface area contributed by atoms with Crippen molar-refractivity contribution in [3.63, 3.8) is 0 Å². The number of hydrogen-bond acceptors (Lipinski definition) is 4. The Balaban J connectivity index is 1.73. The number of nitrogens with one attached hydrogen (secondary N) is 1. The van der Waals surface area contributed by atoms with Gasteiger partial charge in [-0.15, -0.1) is 0 Å². The number of anilines is 1. The minimum absolute atomic E-state index is 0.166. The van der Waals surface area contributed by atoms with Crippen molar-refractivity contribution in [2.45, 2.75) is 32.4 Å². The number of fused-ring (bicyclic) bond motifs is 3. The number of methoxy groups -OCH3 is 1. The van der Waals surface area contributed by atoms with E-state index in [0.29, 0.717) is 12.5 Å². The fourth-order valence-electron chi connectivity index (χ4n) is 4.08. The molecule has 2 aromatic carbocycles. The molecule has 1 saturated heterocycles. The molecule has 2 heterocycles. The molecule has 2 aliphatic rings. The molecule has 3 unspecified atom stereocenters. The van der Waals surface area contributed by atoms with Gasteiger partial charge in [0.25, 0.3) is 0 Å². The van der Waals surface area contributed by atoms with Crippen molar-refractivity contribution in [2.75, 3.05) is 25.6 Å². The van der Waals surface area contributed by atoms with Crippen LogP contribution in [0.1, 0.15) is 42.2 Å². The average Bonchev–Trinajstić information content (AvgIpc) is 3.11. The van der Waals surface area contributed by atoms with E-state index >= 15 is 0 Å². The molecule has 0 aromatic heterocycles. The molecule has 132 valence electrons. The van der Waals surface area contributed by atoms with Crippen LogP contribution in [0.2, 0.25) is 0 Å². The predicted octanol–water partition coefficient (Wildman–Crippen LogP) is 4.65. The van der Waals surface area contributed by atoms with Gasteiger partial charge in [0, 0.05) is 23.8 Å². The maximum atomic E-state index is 6.12. The number of rotatable bonds is 4. The second-order valence-electron chi connectivity index (χ2n) is 6.80. The van der Waals surface area contributed by atoms with Crippen molar-refractivity contribution in [2.24, 2.45) is 5.92 Å². The molecule has 3 atom stereocenters. The summed E-state index contributed by atoms with van der Waals surface area (Å²) in [5.41, 5.74) is 4.96. The van der Waals surface area contributed by atoms with Crippen molar-refractivity contribution in [3.05, 3.63) is 53.1 Å². The van der Waals surface area contributed by atoms with E-state index in [0.717, 1.165) is 24.5 Å². The summed E-state index contributed by atoms with van der Waals surface area (Å²) in [6.07, 6.45) is 1.23. The van der Waals surface area contributed by atoms with Gasteiger partial charge in [-0.25, -0.2) is 0 Å². The lowest BCUT2D eigenvalue weighted by molar-refractivity contribution is 0.0828. The minimum Gasteiger partial charge on any atom is -0.493 e. The van der Waals surface area contributed by atoms with Crippen molar-refractivity contribution in [1.82, 2.24) is 0 Å². The fourth-order valence-corrected chi connectivity index (χ4v) is 4.08. The zero-order chi connectivity index (χ0) is 17.4. The Labute approximate surface area is 149 Å². The van der Waals surface area contributed by atoms with E-state index in [1.807, 2.05) is 13.0 Å². The maximum Gasteiger partial charge on any atom is 0.161 e. The molecular formula is C21H25NO3. The van der Waals surface area contributed by atoms with Crippen LogP contribution in [-0.2, 0) is 4.74 Å². The summed E-state index contributed by atoms with van der Waals surface area (Å²) in [7, 11) is 1.68. The molecule has 0 spiro atoms. The maximum absolute atomic E-state index is 6.12. The SMILES string of the molecule is CCOc1cc(C2Nc3ccc(C)cc3C3OCCC23)ccc1OC. The van der Waals surface area contributed by atoms with Crippen LogP contribution >= 0.6 is 0 Å². The van der Waals surface area contributed by atoms with E-state index in [4.69, 9.17) is 14.2 Å². The van der Waals surface area contributed by atoms with Crippen molar-refractivity contribution < 1.29 is 14.2 Å². The van der Waals surface area contributed by atoms with Crippen LogP contribution in [-0.4, -0.2) is 20.3 Å². The Kier molecular flexibility index (Phi) is 4.30. The number of hydrogen-bond donors (Lipinski definition) is 1. The molecule has 1 fully saturated rings. The lowest BCUT2D eigenvalue weighted by atomic mass is 9.80. The van der Waals surface area contributed by atoms with Gasteiger partial charge in [-0.1, -0.05) is 23.8 Å². The van der Waals surface area contributed by atoms with Crippen molar-refractivity contribution >= 4 is 5.69 Å². The van der Waals surface area contributed by atoms with Crippen LogP contribution in [0.15, 0.2) is 36.4 Å². The molecule has 0 saturated carbocycles. The normalized spacial score (nSPS) is 24.2. The van der Waals surface area contributed by atoms with E-state index in [1.54, 1.807) is 7.11 Å². The molecule has 4 heteroatoms. The summed E-state index contributed by atoms with van der Waals surface area (Å²) in [5, 5.41) is 3.74. The van der Waals surface area contributed by atoms with E-state index < -0.39 is 0 Å². The molecule has 0 radical (unpaired) electrons. The average molecular weight is 339 g/mol. The van der Waals surface area contributed by atoms with Crippen LogP contribution in [0.25, 0.3) is 0 Å². The first-order chi connectivity index (χ1) is 12.2. The Morgan fingerprint density at radius 3 is 2.84 bits per heavy atom. The summed E-state index contributed by atoms with van der Waals surface area (Å²) in [5.74, 6) is 2.00. The minimum atomic E-state index is 0.166. The summed E-state index contributed by atoms with van der Waals surface area (Å²) in [4.78, 5) is 0. The molecule has 25 heavy (non-hydrogen) atoms. The first kappa shape index (κ1) is 16.3. The first-order valence-electron chi connectivity index (χ1n) is 9.00. The largest absolute Gasteiger partial charge is 0.493 e. The van der Waals surface area contributed by atoms with Crippen LogP contribution in [0.3, 0.4) is 0 Å². The Hall–Kier alpha value is -2.20. The van der Waals surface area contributed by atoms with E-state index in [9.17, 15) is 0 Å². The third-order valence-electron chi connectivity index (χ3n) is 5.24. The van der Waals surface area contributed by atoms with E-state index in [-0.39, 0.29) is 12.1 Å². The molecular weight excluding hydrogens is 314 g/mol. The van der Waals surface area contributed by atoms with Crippen LogP contribution in [0.4, 0.5) is 5.69 Å². The van der Waals surface area contributed by atoms with Gasteiger partial charge in [-0.05, 0) is 44.0 Å². The van der Waals surface area contributed by atoms with Gasteiger partial charge >= 0.3 is 0 Å². The highest BCUT2D eigenvalue weighted by atomic mass is 16.5. The summed E-state index contributed by atoms with van der Waals surface area (Å²) >= 11 is 0. The molecule has 0 amide bonds. The monoisotopic (exact) mass is 339 g/mol. The molecule has 2 aliphatic heterocycles. The molecule has 1 N–H and O–H groups in total. The molecule has 2 aromatic rings. The van der Waals surface area contributed by atoms with Crippen LogP contribution in [0, 0.1) is 12.8 Å². The van der Waals surface area contributed by atoms with Gasteiger partial charge in [-0.2, -0.15) is 0 Å². The second kappa shape index (κ2) is 6.60. The third-order valence-corrected chi connectivity index (χ3v) is 5.24. The van der Waals surface area contributed by atoms with E-state index in [2.05, 4.69) is 42.6 Å². The Morgan fingerprint density at radius 1 is 1.16 bits per heavy atom. The third kappa shape index (κ3) is 2.85. The van der Waals surface area contributed by atoms with Crippen LogP contribution in [0.5, 0.6) is 11.5 Å². The summed E-state index contributed by atoms with van der Waals surface area (Å²) in [6, 6.07) is 13.0. The predicted molar refractivity (Wildman–Crippen MR) is 98.5 cm³/mol. The van der Waals surface area contributed by atoms with Gasteiger partial charge in [0.05, 0.1) is 25.9 Å². The van der Waals surface area contributed by atoms with Gasteiger partial charge in [0.1, 0.15) is 0 Å². The zero-order valence-corrected chi connectivity index (χ0v) is 15.0. The number of benzene rings is 2. The number of aryl methyl sites for hydroxylation is 1. The standard InChI is InChI=1S/C21H25NO3/c1-4-24-19-12-14(6-8-18(19)23-3)20-15-9-10-25-21(15)16-11-13(2)5-7-17(16)22-20/h5-8,11-12,15,20-22H,4,9-10H2,1-3H3. The fraction of sp³-hybridized carbons (Fsp3) is 0.429. The quantitative estimate of drug-likeness (QED) is 0.880. The second-order valence-corrected chi connectivity index (χ2v) is 6.80. The zero-order valence-electron chi connectivity index (χ0n) is 15.0. The summed E-state index contributed by atoms with van der Waals surface area (Å²) < 4.78 is 17.3. The number of ether oxygens (including phenoxy) is 3. The van der Waals surface area contributed by atoms with Gasteiger partial charge < -0.3 is 19.5 Å². The highest BCUT2D eigenvalue weighted by Crippen LogP contribution is 2.50. The van der Waals surface area contributed by atoms with Crippen LogP contribution < -0.4 is 14.8 Å². The van der Waals surface area contributed by atoms with Crippen molar-refractivity contribution in [3.8, 4) is 11.5 Å². The van der Waals surface area contributed by atoms with Gasteiger partial charge in [0.2, 0.25) is 0 Å². The first-order valence-corrected chi connectivity index (χ1v) is 9.00. The van der Waals surface area contributed by atoms with Gasteiger partial charge in [-0.3, -0.25) is 0 Å². The summed E-state index contributed by atoms with van der Waals surface area (Å²) in [6.45, 7) is 5.56. The highest BCUT2D eigenvalue weighted by Gasteiger charge is 2.41. The molecule has 4 rings (SSSR count). The Bertz CT molecular complexity index is 774. The highest BCUT2D eigenvalue weighted by molar-refractivity contribution is 5.59. The lowest BCUT2D eigenvalue weighted by Gasteiger charge is -2.37. The van der Waals surface area contributed by atoms with Gasteiger partial charge in [0.15, 0.2) is 11.5 Å². The van der Waals surface area contributed by atoms with E-state index in [1.165, 1.54) is 22.4 Å². The lowest BCUT2D eigenvalue weighted by Crippen LogP contribution is -2.29.